The number of thiazole rings is 1. The van der Waals surface area contributed by atoms with Crippen molar-refractivity contribution in [1.29, 1.82) is 0 Å². The van der Waals surface area contributed by atoms with Gasteiger partial charge in [-0.05, 0) is 26.7 Å². The van der Waals surface area contributed by atoms with E-state index in [4.69, 9.17) is 4.74 Å². The number of aromatic nitrogens is 1. The number of carbonyl (C=O) groups is 1. The molecule has 0 aromatic carbocycles. The third kappa shape index (κ3) is 3.89. The van der Waals surface area contributed by atoms with Crippen molar-refractivity contribution in [3.8, 4) is 0 Å². The Kier molecular flexibility index (Phi) is 5.28. The standard InChI is InChI=1S/C13H21NO2S/c1-6-16-13(8(2)3)11(15)7-12-14-9(4)10(5)17-12/h8,13H,6-7H2,1-5H3. The highest BCUT2D eigenvalue weighted by molar-refractivity contribution is 7.11. The van der Waals surface area contributed by atoms with Crippen LogP contribution in [0.2, 0.25) is 0 Å². The van der Waals surface area contributed by atoms with Crippen molar-refractivity contribution < 1.29 is 9.53 Å². The van der Waals surface area contributed by atoms with Crippen molar-refractivity contribution in [2.45, 2.75) is 47.1 Å². The fraction of sp³-hybridized carbons (Fsp3) is 0.692. The van der Waals surface area contributed by atoms with Gasteiger partial charge in [-0.3, -0.25) is 4.79 Å². The number of hydrogen-bond donors (Lipinski definition) is 0. The fourth-order valence-electron chi connectivity index (χ4n) is 1.70. The van der Waals surface area contributed by atoms with Crippen molar-refractivity contribution in [3.63, 3.8) is 0 Å². The first-order valence-electron chi connectivity index (χ1n) is 6.02. The van der Waals surface area contributed by atoms with Gasteiger partial charge >= 0.3 is 0 Å². The van der Waals surface area contributed by atoms with Gasteiger partial charge in [0.15, 0.2) is 5.78 Å². The molecule has 1 unspecified atom stereocenters. The summed E-state index contributed by atoms with van der Waals surface area (Å²) in [4.78, 5) is 17.7. The molecule has 0 bridgehead atoms. The summed E-state index contributed by atoms with van der Waals surface area (Å²) >= 11 is 1.60. The Morgan fingerprint density at radius 2 is 2.06 bits per heavy atom. The lowest BCUT2D eigenvalue weighted by molar-refractivity contribution is -0.132. The lowest BCUT2D eigenvalue weighted by Crippen LogP contribution is -2.31. The molecular weight excluding hydrogens is 234 g/mol. The van der Waals surface area contributed by atoms with Crippen LogP contribution in [0, 0.1) is 19.8 Å². The monoisotopic (exact) mass is 255 g/mol. The summed E-state index contributed by atoms with van der Waals surface area (Å²) in [6.45, 7) is 10.5. The molecule has 0 spiro atoms. The minimum absolute atomic E-state index is 0.135. The summed E-state index contributed by atoms with van der Waals surface area (Å²) in [5.74, 6) is 0.347. The Hall–Kier alpha value is -0.740. The highest BCUT2D eigenvalue weighted by Gasteiger charge is 2.23. The number of hydrogen-bond acceptors (Lipinski definition) is 4. The molecule has 4 heteroatoms. The lowest BCUT2D eigenvalue weighted by Gasteiger charge is -2.18. The van der Waals surface area contributed by atoms with E-state index in [1.165, 1.54) is 4.88 Å². The summed E-state index contributed by atoms with van der Waals surface area (Å²) in [5.41, 5.74) is 1.02. The predicted octanol–water partition coefficient (Wildman–Crippen LogP) is 2.93. The Morgan fingerprint density at radius 3 is 2.47 bits per heavy atom. The van der Waals surface area contributed by atoms with Gasteiger partial charge in [0.2, 0.25) is 0 Å². The molecule has 0 N–H and O–H groups in total. The van der Waals surface area contributed by atoms with Gasteiger partial charge in [0.05, 0.1) is 12.1 Å². The molecule has 1 rings (SSSR count). The van der Waals surface area contributed by atoms with Gasteiger partial charge in [-0.2, -0.15) is 0 Å². The van der Waals surface area contributed by atoms with E-state index in [0.29, 0.717) is 13.0 Å². The van der Waals surface area contributed by atoms with Crippen molar-refractivity contribution >= 4 is 17.1 Å². The van der Waals surface area contributed by atoms with Crippen LogP contribution in [0.5, 0.6) is 0 Å². The quantitative estimate of drug-likeness (QED) is 0.784. The first kappa shape index (κ1) is 14.3. The number of ketones is 1. The Balaban J connectivity index is 2.69. The van der Waals surface area contributed by atoms with Crippen molar-refractivity contribution in [3.05, 3.63) is 15.6 Å². The summed E-state index contributed by atoms with van der Waals surface area (Å²) in [5, 5.41) is 0.898. The third-order valence-corrected chi connectivity index (χ3v) is 3.74. The first-order valence-corrected chi connectivity index (χ1v) is 6.84. The van der Waals surface area contributed by atoms with Gasteiger partial charge in [0, 0.05) is 11.5 Å². The van der Waals surface area contributed by atoms with Crippen LogP contribution in [0.1, 0.15) is 36.3 Å². The van der Waals surface area contributed by atoms with E-state index in [9.17, 15) is 4.79 Å². The number of ether oxygens (including phenoxy) is 1. The molecule has 96 valence electrons. The molecule has 0 radical (unpaired) electrons. The maximum Gasteiger partial charge on any atom is 0.168 e. The van der Waals surface area contributed by atoms with E-state index < -0.39 is 0 Å². The molecule has 1 aromatic heterocycles. The van der Waals surface area contributed by atoms with Crippen LogP contribution in [-0.2, 0) is 16.0 Å². The predicted molar refractivity (Wildman–Crippen MR) is 70.6 cm³/mol. The number of aryl methyl sites for hydroxylation is 2. The number of carbonyl (C=O) groups excluding carboxylic acids is 1. The average Bonchev–Trinajstić information content (AvgIpc) is 2.53. The lowest BCUT2D eigenvalue weighted by atomic mass is 10.0. The average molecular weight is 255 g/mol. The van der Waals surface area contributed by atoms with Crippen LogP contribution in [0.15, 0.2) is 0 Å². The second-order valence-electron chi connectivity index (χ2n) is 4.51. The molecule has 1 atom stereocenters. The molecular formula is C13H21NO2S. The maximum atomic E-state index is 12.1. The zero-order chi connectivity index (χ0) is 13.0. The van der Waals surface area contributed by atoms with E-state index in [1.807, 2.05) is 34.6 Å². The topological polar surface area (TPSA) is 39.2 Å². The van der Waals surface area contributed by atoms with Crippen molar-refractivity contribution in [2.24, 2.45) is 5.92 Å². The Labute approximate surface area is 107 Å². The largest absolute Gasteiger partial charge is 0.370 e. The highest BCUT2D eigenvalue weighted by Crippen LogP contribution is 2.19. The van der Waals surface area contributed by atoms with Gasteiger partial charge in [-0.25, -0.2) is 4.98 Å². The summed E-state index contributed by atoms with van der Waals surface area (Å²) in [6, 6.07) is 0. The Morgan fingerprint density at radius 1 is 1.41 bits per heavy atom. The van der Waals surface area contributed by atoms with Crippen molar-refractivity contribution in [2.75, 3.05) is 6.61 Å². The molecule has 3 nitrogen and oxygen atoms in total. The summed E-state index contributed by atoms with van der Waals surface area (Å²) in [6.07, 6.45) is 0.0897. The smallest absolute Gasteiger partial charge is 0.168 e. The van der Waals surface area contributed by atoms with E-state index >= 15 is 0 Å². The van der Waals surface area contributed by atoms with Crippen LogP contribution < -0.4 is 0 Å². The van der Waals surface area contributed by atoms with Gasteiger partial charge in [-0.1, -0.05) is 13.8 Å². The zero-order valence-corrected chi connectivity index (χ0v) is 12.1. The van der Waals surface area contributed by atoms with Crippen LogP contribution in [0.4, 0.5) is 0 Å². The molecule has 1 aromatic rings. The first-order chi connectivity index (χ1) is 7.95. The molecule has 0 amide bonds. The number of Topliss-reactive ketones (excluding diaryl/α,β-unsaturated/α-hetero) is 1. The molecule has 0 aliphatic heterocycles. The molecule has 0 saturated heterocycles. The van der Waals surface area contributed by atoms with E-state index in [1.54, 1.807) is 11.3 Å². The van der Waals surface area contributed by atoms with Gasteiger partial charge in [-0.15, -0.1) is 11.3 Å². The van der Waals surface area contributed by atoms with Gasteiger partial charge in [0.1, 0.15) is 11.1 Å². The second kappa shape index (κ2) is 6.26. The number of rotatable bonds is 6. The van der Waals surface area contributed by atoms with Gasteiger partial charge < -0.3 is 4.74 Å². The zero-order valence-electron chi connectivity index (χ0n) is 11.2. The van der Waals surface area contributed by atoms with E-state index in [0.717, 1.165) is 10.7 Å². The molecule has 0 aliphatic rings. The van der Waals surface area contributed by atoms with E-state index in [-0.39, 0.29) is 17.8 Å². The summed E-state index contributed by atoms with van der Waals surface area (Å²) < 4.78 is 5.50. The highest BCUT2D eigenvalue weighted by atomic mass is 32.1. The van der Waals surface area contributed by atoms with Crippen LogP contribution >= 0.6 is 11.3 Å². The number of nitrogens with zero attached hydrogens (tertiary/aromatic N) is 1. The molecule has 0 aliphatic carbocycles. The molecule has 17 heavy (non-hydrogen) atoms. The second-order valence-corrected chi connectivity index (χ2v) is 5.80. The van der Waals surface area contributed by atoms with Gasteiger partial charge in [0.25, 0.3) is 0 Å². The molecule has 0 fully saturated rings. The molecule has 0 saturated carbocycles. The van der Waals surface area contributed by atoms with Crippen LogP contribution in [0.25, 0.3) is 0 Å². The Bertz CT molecular complexity index is 365. The third-order valence-electron chi connectivity index (χ3n) is 2.67. The minimum Gasteiger partial charge on any atom is -0.370 e. The minimum atomic E-state index is -0.301. The SMILES string of the molecule is CCOC(C(=O)Cc1nc(C)c(C)s1)C(C)C. The van der Waals surface area contributed by atoms with Crippen LogP contribution in [0.3, 0.4) is 0 Å². The maximum absolute atomic E-state index is 12.1. The normalized spacial score (nSPS) is 13.1. The van der Waals surface area contributed by atoms with E-state index in [2.05, 4.69) is 4.98 Å². The summed E-state index contributed by atoms with van der Waals surface area (Å²) in [7, 11) is 0. The van der Waals surface area contributed by atoms with Crippen molar-refractivity contribution in [1.82, 2.24) is 4.98 Å². The van der Waals surface area contributed by atoms with Crippen LogP contribution in [-0.4, -0.2) is 23.5 Å². The molecule has 1 heterocycles. The fourth-order valence-corrected chi connectivity index (χ4v) is 2.64.